The van der Waals surface area contributed by atoms with Crippen LogP contribution < -0.4 is 4.74 Å². The van der Waals surface area contributed by atoms with Gasteiger partial charge in [0.1, 0.15) is 5.75 Å². The standard InChI is InChI=1S/C25H22N2O4/c1-17-14-22-20(15-24(28)29)5-2-6-23(22)27(17)25(30)19-7-9-21(10-8-19)31-13-11-18-4-3-12-26-16-18/h2-10,12,14,16H,11,13,15H2,1H3,(H,28,29). The number of carboxylic acid groups (broad SMARTS) is 1. The van der Waals surface area contributed by atoms with Gasteiger partial charge in [-0.05, 0) is 60.5 Å². The van der Waals surface area contributed by atoms with E-state index in [-0.39, 0.29) is 12.3 Å². The molecule has 0 aliphatic heterocycles. The Balaban J connectivity index is 1.51. The highest BCUT2D eigenvalue weighted by Gasteiger charge is 2.17. The Bertz CT molecular complexity index is 1230. The lowest BCUT2D eigenvalue weighted by Crippen LogP contribution is -2.13. The lowest BCUT2D eigenvalue weighted by molar-refractivity contribution is -0.136. The van der Waals surface area contributed by atoms with Gasteiger partial charge in [0.25, 0.3) is 5.91 Å². The maximum Gasteiger partial charge on any atom is 0.307 e. The first kappa shape index (κ1) is 20.3. The molecule has 0 atom stereocenters. The number of aliphatic carboxylic acids is 1. The largest absolute Gasteiger partial charge is 0.493 e. The average Bonchev–Trinajstić information content (AvgIpc) is 3.11. The highest BCUT2D eigenvalue weighted by molar-refractivity contribution is 6.04. The van der Waals surface area contributed by atoms with Gasteiger partial charge < -0.3 is 9.84 Å². The zero-order valence-corrected chi connectivity index (χ0v) is 17.1. The smallest absolute Gasteiger partial charge is 0.307 e. The van der Waals surface area contributed by atoms with Crippen LogP contribution in [0.4, 0.5) is 0 Å². The van der Waals surface area contributed by atoms with E-state index in [9.17, 15) is 9.59 Å². The van der Waals surface area contributed by atoms with Crippen molar-refractivity contribution in [2.45, 2.75) is 19.8 Å². The van der Waals surface area contributed by atoms with Crippen LogP contribution in [-0.2, 0) is 17.6 Å². The second-order valence-corrected chi connectivity index (χ2v) is 7.33. The van der Waals surface area contributed by atoms with Crippen molar-refractivity contribution in [3.8, 4) is 5.75 Å². The van der Waals surface area contributed by atoms with Gasteiger partial charge in [0.05, 0.1) is 18.5 Å². The summed E-state index contributed by atoms with van der Waals surface area (Å²) in [6.45, 7) is 2.37. The minimum Gasteiger partial charge on any atom is -0.493 e. The van der Waals surface area contributed by atoms with Crippen LogP contribution in [0.25, 0.3) is 10.9 Å². The van der Waals surface area contributed by atoms with Crippen molar-refractivity contribution in [3.05, 3.63) is 95.4 Å². The zero-order valence-electron chi connectivity index (χ0n) is 17.1. The molecule has 31 heavy (non-hydrogen) atoms. The number of aryl methyl sites for hydroxylation is 1. The number of carbonyl (C=O) groups excluding carboxylic acids is 1. The number of fused-ring (bicyclic) bond motifs is 1. The Morgan fingerprint density at radius 1 is 1.06 bits per heavy atom. The zero-order chi connectivity index (χ0) is 21.8. The Labute approximate surface area is 179 Å². The first-order chi connectivity index (χ1) is 15.0. The molecule has 0 unspecified atom stereocenters. The monoisotopic (exact) mass is 414 g/mol. The minimum absolute atomic E-state index is 0.0833. The number of carboxylic acids is 1. The summed E-state index contributed by atoms with van der Waals surface area (Å²) in [4.78, 5) is 28.4. The van der Waals surface area contributed by atoms with Gasteiger partial charge in [-0.3, -0.25) is 19.1 Å². The van der Waals surface area contributed by atoms with Gasteiger partial charge in [-0.1, -0.05) is 18.2 Å². The molecule has 2 heterocycles. The summed E-state index contributed by atoms with van der Waals surface area (Å²) >= 11 is 0. The van der Waals surface area contributed by atoms with Crippen molar-refractivity contribution in [2.75, 3.05) is 6.61 Å². The van der Waals surface area contributed by atoms with Crippen LogP contribution in [0.2, 0.25) is 0 Å². The summed E-state index contributed by atoms with van der Waals surface area (Å²) in [5.74, 6) is -0.372. The second kappa shape index (κ2) is 8.83. The Morgan fingerprint density at radius 3 is 2.58 bits per heavy atom. The molecule has 2 aromatic carbocycles. The summed E-state index contributed by atoms with van der Waals surface area (Å²) < 4.78 is 7.40. The lowest BCUT2D eigenvalue weighted by atomic mass is 10.1. The number of benzene rings is 2. The molecule has 2 aromatic heterocycles. The Hall–Kier alpha value is -3.93. The van der Waals surface area contributed by atoms with E-state index in [2.05, 4.69) is 4.98 Å². The van der Waals surface area contributed by atoms with Crippen LogP contribution in [0.1, 0.15) is 27.2 Å². The number of ether oxygens (including phenoxy) is 1. The SMILES string of the molecule is Cc1cc2c(CC(=O)O)cccc2n1C(=O)c1ccc(OCCc2cccnc2)cc1. The quantitative estimate of drug-likeness (QED) is 0.488. The molecule has 4 rings (SSSR count). The van der Waals surface area contributed by atoms with E-state index in [1.165, 1.54) is 0 Å². The van der Waals surface area contributed by atoms with E-state index in [1.807, 2.05) is 37.4 Å². The molecule has 1 N–H and O–H groups in total. The molecule has 4 aromatic rings. The molecule has 156 valence electrons. The van der Waals surface area contributed by atoms with Crippen molar-refractivity contribution in [2.24, 2.45) is 0 Å². The molecule has 0 saturated carbocycles. The fourth-order valence-corrected chi connectivity index (χ4v) is 3.67. The van der Waals surface area contributed by atoms with Crippen molar-refractivity contribution < 1.29 is 19.4 Å². The second-order valence-electron chi connectivity index (χ2n) is 7.33. The lowest BCUT2D eigenvalue weighted by Gasteiger charge is -2.10. The number of nitrogens with zero attached hydrogens (tertiary/aromatic N) is 2. The third kappa shape index (κ3) is 4.48. The molecule has 0 aliphatic rings. The summed E-state index contributed by atoms with van der Waals surface area (Å²) in [6.07, 6.45) is 4.22. The van der Waals surface area contributed by atoms with Crippen molar-refractivity contribution in [3.63, 3.8) is 0 Å². The number of hydrogen-bond donors (Lipinski definition) is 1. The number of aromatic nitrogens is 2. The topological polar surface area (TPSA) is 81.4 Å². The van der Waals surface area contributed by atoms with E-state index in [4.69, 9.17) is 9.84 Å². The Kier molecular flexibility index (Phi) is 5.80. The predicted molar refractivity (Wildman–Crippen MR) is 118 cm³/mol. The van der Waals surface area contributed by atoms with Crippen LogP contribution in [0.15, 0.2) is 73.1 Å². The number of rotatable bonds is 7. The van der Waals surface area contributed by atoms with Gasteiger partial charge >= 0.3 is 5.97 Å². The van der Waals surface area contributed by atoms with E-state index in [0.29, 0.717) is 29.0 Å². The molecule has 0 saturated heterocycles. The van der Waals surface area contributed by atoms with Crippen LogP contribution in [0.5, 0.6) is 5.75 Å². The molecule has 0 aliphatic carbocycles. The Morgan fingerprint density at radius 2 is 1.87 bits per heavy atom. The van der Waals surface area contributed by atoms with Crippen LogP contribution in [0.3, 0.4) is 0 Å². The maximum absolute atomic E-state index is 13.2. The summed E-state index contributed by atoms with van der Waals surface area (Å²) in [5.41, 5.74) is 3.79. The van der Waals surface area contributed by atoms with Crippen LogP contribution in [-0.4, -0.2) is 33.1 Å². The fraction of sp³-hybridized carbons (Fsp3) is 0.160. The highest BCUT2D eigenvalue weighted by atomic mass is 16.5. The summed E-state index contributed by atoms with van der Waals surface area (Å²) in [7, 11) is 0. The van der Waals surface area contributed by atoms with Crippen LogP contribution in [0, 0.1) is 6.92 Å². The van der Waals surface area contributed by atoms with Crippen LogP contribution >= 0.6 is 0 Å². The van der Waals surface area contributed by atoms with Gasteiger partial charge in [-0.2, -0.15) is 0 Å². The molecule has 0 amide bonds. The van der Waals surface area contributed by atoms with E-state index < -0.39 is 5.97 Å². The van der Waals surface area contributed by atoms with Gasteiger partial charge in [0.15, 0.2) is 0 Å². The van der Waals surface area contributed by atoms with Gasteiger partial charge in [-0.15, -0.1) is 0 Å². The van der Waals surface area contributed by atoms with E-state index in [1.54, 1.807) is 47.2 Å². The van der Waals surface area contributed by atoms with Crippen molar-refractivity contribution >= 4 is 22.8 Å². The first-order valence-corrected chi connectivity index (χ1v) is 10.0. The molecule has 0 fully saturated rings. The normalized spacial score (nSPS) is 10.9. The molecule has 0 radical (unpaired) electrons. The fourth-order valence-electron chi connectivity index (χ4n) is 3.67. The minimum atomic E-state index is -0.900. The molecule has 0 bridgehead atoms. The van der Waals surface area contributed by atoms with E-state index >= 15 is 0 Å². The first-order valence-electron chi connectivity index (χ1n) is 10.0. The average molecular weight is 414 g/mol. The third-order valence-electron chi connectivity index (χ3n) is 5.15. The van der Waals surface area contributed by atoms with Crippen molar-refractivity contribution in [1.82, 2.24) is 9.55 Å². The number of carbonyl (C=O) groups is 2. The molecule has 0 spiro atoms. The third-order valence-corrected chi connectivity index (χ3v) is 5.15. The molecule has 6 nitrogen and oxygen atoms in total. The van der Waals surface area contributed by atoms with Gasteiger partial charge in [0, 0.05) is 35.5 Å². The van der Waals surface area contributed by atoms with E-state index in [0.717, 1.165) is 23.1 Å². The number of pyridine rings is 1. The maximum atomic E-state index is 13.2. The predicted octanol–water partition coefficient (Wildman–Crippen LogP) is 4.28. The molecular weight excluding hydrogens is 392 g/mol. The molecule has 6 heteroatoms. The molecular formula is C25H22N2O4. The highest BCUT2D eigenvalue weighted by Crippen LogP contribution is 2.25. The number of hydrogen-bond acceptors (Lipinski definition) is 4. The van der Waals surface area contributed by atoms with Crippen molar-refractivity contribution in [1.29, 1.82) is 0 Å². The summed E-state index contributed by atoms with van der Waals surface area (Å²) in [5, 5.41) is 9.94. The summed E-state index contributed by atoms with van der Waals surface area (Å²) in [6, 6.07) is 18.2. The van der Waals surface area contributed by atoms with Gasteiger partial charge in [0.2, 0.25) is 0 Å². The van der Waals surface area contributed by atoms with Gasteiger partial charge in [-0.25, -0.2) is 0 Å².